The third kappa shape index (κ3) is 3.60. The van der Waals surface area contributed by atoms with Gasteiger partial charge in [0.15, 0.2) is 0 Å². The monoisotopic (exact) mass is 299 g/mol. The Bertz CT molecular complexity index is 590. The summed E-state index contributed by atoms with van der Waals surface area (Å²) in [6.07, 6.45) is 0. The standard InChI is InChI=1S/C14H12Cl2FNO/c15-11-2-4-14(12(16)6-11)19-8-9-1-3-13(17)10(5-9)7-18/h1-6H,7-8,18H2. The SMILES string of the molecule is NCc1cc(COc2ccc(Cl)cc2Cl)ccc1F. The summed E-state index contributed by atoms with van der Waals surface area (Å²) >= 11 is 11.8. The van der Waals surface area contributed by atoms with Gasteiger partial charge in [0, 0.05) is 17.1 Å². The molecule has 2 nitrogen and oxygen atoms in total. The van der Waals surface area contributed by atoms with Crippen molar-refractivity contribution in [2.75, 3.05) is 0 Å². The first-order valence-corrected chi connectivity index (χ1v) is 6.41. The van der Waals surface area contributed by atoms with Gasteiger partial charge in [0.25, 0.3) is 0 Å². The van der Waals surface area contributed by atoms with Crippen LogP contribution in [0.4, 0.5) is 4.39 Å². The molecule has 0 saturated carbocycles. The van der Waals surface area contributed by atoms with Crippen LogP contribution in [0.2, 0.25) is 10.0 Å². The summed E-state index contributed by atoms with van der Waals surface area (Å²) in [5.74, 6) is 0.223. The van der Waals surface area contributed by atoms with Crippen molar-refractivity contribution >= 4 is 23.2 Å². The smallest absolute Gasteiger partial charge is 0.138 e. The van der Waals surface area contributed by atoms with Gasteiger partial charge in [-0.3, -0.25) is 0 Å². The summed E-state index contributed by atoms with van der Waals surface area (Å²) in [4.78, 5) is 0. The van der Waals surface area contributed by atoms with Crippen molar-refractivity contribution in [1.82, 2.24) is 0 Å². The predicted molar refractivity (Wildman–Crippen MR) is 75.1 cm³/mol. The maximum Gasteiger partial charge on any atom is 0.138 e. The minimum atomic E-state index is -0.309. The van der Waals surface area contributed by atoms with E-state index in [0.717, 1.165) is 5.56 Å². The second-order valence-corrected chi connectivity index (χ2v) is 4.84. The molecule has 0 bridgehead atoms. The molecular formula is C14H12Cl2FNO. The van der Waals surface area contributed by atoms with Crippen molar-refractivity contribution in [1.29, 1.82) is 0 Å². The molecule has 2 N–H and O–H groups in total. The van der Waals surface area contributed by atoms with Gasteiger partial charge in [-0.15, -0.1) is 0 Å². The second-order valence-electron chi connectivity index (χ2n) is 3.99. The van der Waals surface area contributed by atoms with E-state index in [1.807, 2.05) is 0 Å². The van der Waals surface area contributed by atoms with Crippen molar-refractivity contribution in [2.45, 2.75) is 13.2 Å². The van der Waals surface area contributed by atoms with Crippen LogP contribution in [-0.2, 0) is 13.2 Å². The molecule has 2 rings (SSSR count). The molecule has 0 fully saturated rings. The summed E-state index contributed by atoms with van der Waals surface area (Å²) in [5.41, 5.74) is 6.74. The zero-order valence-corrected chi connectivity index (χ0v) is 11.5. The van der Waals surface area contributed by atoms with E-state index in [-0.39, 0.29) is 19.0 Å². The highest BCUT2D eigenvalue weighted by Gasteiger charge is 2.05. The maximum absolute atomic E-state index is 13.3. The van der Waals surface area contributed by atoms with E-state index in [1.165, 1.54) is 6.07 Å². The van der Waals surface area contributed by atoms with Crippen LogP contribution in [0.5, 0.6) is 5.75 Å². The van der Waals surface area contributed by atoms with Crippen LogP contribution in [0, 0.1) is 5.82 Å². The Morgan fingerprint density at radius 2 is 1.89 bits per heavy atom. The highest BCUT2D eigenvalue weighted by Crippen LogP contribution is 2.28. The number of nitrogens with two attached hydrogens (primary N) is 1. The highest BCUT2D eigenvalue weighted by atomic mass is 35.5. The Morgan fingerprint density at radius 3 is 2.58 bits per heavy atom. The molecule has 19 heavy (non-hydrogen) atoms. The van der Waals surface area contributed by atoms with Crippen molar-refractivity contribution in [3.8, 4) is 5.75 Å². The predicted octanol–water partition coefficient (Wildman–Crippen LogP) is 4.17. The molecule has 0 heterocycles. The third-order valence-corrected chi connectivity index (χ3v) is 3.15. The number of rotatable bonds is 4. The average Bonchev–Trinajstić information content (AvgIpc) is 2.39. The molecule has 0 aliphatic carbocycles. The topological polar surface area (TPSA) is 35.2 Å². The van der Waals surface area contributed by atoms with Crippen LogP contribution in [0.25, 0.3) is 0 Å². The van der Waals surface area contributed by atoms with Gasteiger partial charge in [-0.2, -0.15) is 0 Å². The lowest BCUT2D eigenvalue weighted by Gasteiger charge is -2.09. The quantitative estimate of drug-likeness (QED) is 0.919. The molecule has 0 aromatic heterocycles. The fraction of sp³-hybridized carbons (Fsp3) is 0.143. The second kappa shape index (κ2) is 6.24. The Balaban J connectivity index is 2.10. The highest BCUT2D eigenvalue weighted by molar-refractivity contribution is 6.35. The summed E-state index contributed by atoms with van der Waals surface area (Å²) in [6, 6.07) is 9.70. The Morgan fingerprint density at radius 1 is 1.11 bits per heavy atom. The molecular weight excluding hydrogens is 288 g/mol. The molecule has 0 atom stereocenters. The van der Waals surface area contributed by atoms with Crippen LogP contribution in [0.3, 0.4) is 0 Å². The van der Waals surface area contributed by atoms with Crippen LogP contribution >= 0.6 is 23.2 Å². The Labute approximate surface area is 120 Å². The molecule has 2 aromatic rings. The number of benzene rings is 2. The largest absolute Gasteiger partial charge is 0.487 e. The molecule has 0 amide bonds. The van der Waals surface area contributed by atoms with Gasteiger partial charge >= 0.3 is 0 Å². The third-order valence-electron chi connectivity index (χ3n) is 2.62. The average molecular weight is 300 g/mol. The van der Waals surface area contributed by atoms with Crippen molar-refractivity contribution in [3.63, 3.8) is 0 Å². The van der Waals surface area contributed by atoms with E-state index in [1.54, 1.807) is 30.3 Å². The fourth-order valence-electron chi connectivity index (χ4n) is 1.63. The van der Waals surface area contributed by atoms with Crippen LogP contribution in [-0.4, -0.2) is 0 Å². The maximum atomic E-state index is 13.3. The Hall–Kier alpha value is -1.29. The van der Waals surface area contributed by atoms with Crippen LogP contribution in [0.1, 0.15) is 11.1 Å². The first-order chi connectivity index (χ1) is 9.10. The lowest BCUT2D eigenvalue weighted by molar-refractivity contribution is 0.306. The van der Waals surface area contributed by atoms with Gasteiger partial charge in [-0.1, -0.05) is 29.3 Å². The van der Waals surface area contributed by atoms with E-state index in [2.05, 4.69) is 0 Å². The van der Waals surface area contributed by atoms with E-state index in [0.29, 0.717) is 21.4 Å². The first kappa shape index (κ1) is 14.1. The zero-order valence-electron chi connectivity index (χ0n) is 10.00. The number of hydrogen-bond donors (Lipinski definition) is 1. The summed E-state index contributed by atoms with van der Waals surface area (Å²) in [5, 5.41) is 0.984. The normalized spacial score (nSPS) is 10.5. The minimum Gasteiger partial charge on any atom is -0.487 e. The molecule has 2 aromatic carbocycles. The van der Waals surface area contributed by atoms with Gasteiger partial charge in [-0.05, 0) is 35.9 Å². The molecule has 0 aliphatic rings. The van der Waals surface area contributed by atoms with E-state index >= 15 is 0 Å². The number of halogens is 3. The first-order valence-electron chi connectivity index (χ1n) is 5.65. The van der Waals surface area contributed by atoms with E-state index in [4.69, 9.17) is 33.7 Å². The Kier molecular flexibility index (Phi) is 4.64. The minimum absolute atomic E-state index is 0.154. The molecule has 0 spiro atoms. The molecule has 0 radical (unpaired) electrons. The lowest BCUT2D eigenvalue weighted by atomic mass is 10.1. The molecule has 0 saturated heterocycles. The summed E-state index contributed by atoms with van der Waals surface area (Å²) in [7, 11) is 0. The fourth-order valence-corrected chi connectivity index (χ4v) is 2.09. The summed E-state index contributed by atoms with van der Waals surface area (Å²) < 4.78 is 18.8. The van der Waals surface area contributed by atoms with Gasteiger partial charge in [0.1, 0.15) is 18.2 Å². The van der Waals surface area contributed by atoms with Gasteiger partial charge in [0.2, 0.25) is 0 Å². The molecule has 100 valence electrons. The lowest BCUT2D eigenvalue weighted by Crippen LogP contribution is -2.03. The van der Waals surface area contributed by atoms with E-state index in [9.17, 15) is 4.39 Å². The van der Waals surface area contributed by atoms with Gasteiger partial charge < -0.3 is 10.5 Å². The van der Waals surface area contributed by atoms with Gasteiger partial charge in [0.05, 0.1) is 5.02 Å². The van der Waals surface area contributed by atoms with Crippen molar-refractivity contribution < 1.29 is 9.13 Å². The zero-order chi connectivity index (χ0) is 13.8. The van der Waals surface area contributed by atoms with E-state index < -0.39 is 0 Å². The van der Waals surface area contributed by atoms with Crippen LogP contribution in [0.15, 0.2) is 36.4 Å². The molecule has 0 aliphatic heterocycles. The molecule has 0 unspecified atom stereocenters. The van der Waals surface area contributed by atoms with Gasteiger partial charge in [-0.25, -0.2) is 4.39 Å². The number of hydrogen-bond acceptors (Lipinski definition) is 2. The summed E-state index contributed by atoms with van der Waals surface area (Å²) in [6.45, 7) is 0.440. The van der Waals surface area contributed by atoms with Crippen LogP contribution < -0.4 is 10.5 Å². The van der Waals surface area contributed by atoms with Crippen molar-refractivity contribution in [3.05, 3.63) is 63.4 Å². The molecule has 5 heteroatoms. The number of ether oxygens (including phenoxy) is 1. The van der Waals surface area contributed by atoms with Crippen molar-refractivity contribution in [2.24, 2.45) is 5.73 Å².